The molecule has 6 nitrogen and oxygen atoms in total. The average Bonchev–Trinajstić information content (AvgIpc) is 2.92. The fraction of sp³-hybridized carbons (Fsp3) is 0.133. The first-order chi connectivity index (χ1) is 10.3. The topological polar surface area (TPSA) is 74.0 Å². The van der Waals surface area contributed by atoms with Gasteiger partial charge in [-0.2, -0.15) is 0 Å². The molecule has 1 heterocycles. The van der Waals surface area contributed by atoms with E-state index in [4.69, 9.17) is 9.68 Å². The molecule has 0 N–H and O–H groups in total. The lowest BCUT2D eigenvalue weighted by atomic mass is 9.97. The van der Waals surface area contributed by atoms with Crippen LogP contribution in [0, 0.1) is 10.1 Å². The van der Waals surface area contributed by atoms with Crippen molar-refractivity contribution in [1.82, 2.24) is 0 Å². The van der Waals surface area contributed by atoms with E-state index in [1.807, 2.05) is 60.7 Å². The molecule has 0 radical (unpaired) electrons. The van der Waals surface area contributed by atoms with Gasteiger partial charge in [-0.25, -0.2) is 0 Å². The Morgan fingerprint density at radius 1 is 1.05 bits per heavy atom. The monoisotopic (exact) mass is 284 g/mol. The normalized spacial score (nSPS) is 20.5. The summed E-state index contributed by atoms with van der Waals surface area (Å²) in [7, 11) is 0. The molecule has 0 saturated heterocycles. The molecule has 0 aromatic heterocycles. The third-order valence-electron chi connectivity index (χ3n) is 3.21. The summed E-state index contributed by atoms with van der Waals surface area (Å²) >= 11 is 0. The van der Waals surface area contributed by atoms with E-state index >= 15 is 0 Å². The average molecular weight is 284 g/mol. The lowest BCUT2D eigenvalue weighted by molar-refractivity contribution is -0.765. The third kappa shape index (κ3) is 2.69. The van der Waals surface area contributed by atoms with Crippen LogP contribution in [-0.2, 0) is 9.68 Å². The summed E-state index contributed by atoms with van der Waals surface area (Å²) in [4.78, 5) is 21.0. The molecule has 6 heteroatoms. The SMILES string of the molecule is O=[N+]([O-])O[C@H]1C(c2ccccc2)=NO[C@@H]1c1ccccc1. The van der Waals surface area contributed by atoms with Crippen LogP contribution in [0.3, 0.4) is 0 Å². The van der Waals surface area contributed by atoms with Crippen LogP contribution in [0.15, 0.2) is 65.8 Å². The van der Waals surface area contributed by atoms with Gasteiger partial charge in [-0.05, 0) is 5.56 Å². The van der Waals surface area contributed by atoms with Gasteiger partial charge in [-0.1, -0.05) is 65.8 Å². The molecule has 1 aliphatic heterocycles. The van der Waals surface area contributed by atoms with Crippen LogP contribution in [0.1, 0.15) is 17.2 Å². The standard InChI is InChI=1S/C15H12N2O4/c18-17(19)21-15-13(11-7-3-1-4-8-11)16-20-14(15)12-9-5-2-6-10-12/h1-10,14-15H/t14-,15+/m1/s1. The maximum atomic E-state index is 10.8. The number of nitrogens with zero attached hydrogens (tertiary/aromatic N) is 2. The second-order valence-electron chi connectivity index (χ2n) is 4.53. The van der Waals surface area contributed by atoms with Crippen LogP contribution in [0.5, 0.6) is 0 Å². The van der Waals surface area contributed by atoms with Crippen molar-refractivity contribution in [2.24, 2.45) is 5.16 Å². The van der Waals surface area contributed by atoms with Crippen LogP contribution in [0.2, 0.25) is 0 Å². The minimum atomic E-state index is -0.884. The lowest BCUT2D eigenvalue weighted by Crippen LogP contribution is -2.30. The highest BCUT2D eigenvalue weighted by Crippen LogP contribution is 2.32. The first-order valence-corrected chi connectivity index (χ1v) is 6.41. The number of hydrogen-bond acceptors (Lipinski definition) is 5. The van der Waals surface area contributed by atoms with Crippen molar-refractivity contribution >= 4 is 5.71 Å². The quantitative estimate of drug-likeness (QED) is 0.639. The summed E-state index contributed by atoms with van der Waals surface area (Å²) < 4.78 is 0. The Kier molecular flexibility index (Phi) is 3.51. The minimum absolute atomic E-state index is 0.418. The lowest BCUT2D eigenvalue weighted by Gasteiger charge is -2.17. The molecule has 21 heavy (non-hydrogen) atoms. The molecule has 0 spiro atoms. The molecule has 3 rings (SSSR count). The molecule has 0 aliphatic carbocycles. The second kappa shape index (κ2) is 5.62. The van der Waals surface area contributed by atoms with E-state index in [0.29, 0.717) is 5.71 Å². The van der Waals surface area contributed by atoms with Gasteiger partial charge in [-0.15, -0.1) is 10.1 Å². The van der Waals surface area contributed by atoms with E-state index in [1.165, 1.54) is 0 Å². The van der Waals surface area contributed by atoms with Gasteiger partial charge >= 0.3 is 0 Å². The Labute approximate surface area is 120 Å². The maximum Gasteiger partial charge on any atom is 0.295 e. The van der Waals surface area contributed by atoms with E-state index in [0.717, 1.165) is 11.1 Å². The summed E-state index contributed by atoms with van der Waals surface area (Å²) in [5.74, 6) is 0. The zero-order chi connectivity index (χ0) is 14.7. The summed E-state index contributed by atoms with van der Waals surface area (Å²) in [6.45, 7) is 0. The van der Waals surface area contributed by atoms with Crippen LogP contribution >= 0.6 is 0 Å². The molecule has 1 aliphatic rings. The Morgan fingerprint density at radius 2 is 1.67 bits per heavy atom. The van der Waals surface area contributed by atoms with Gasteiger partial charge in [0, 0.05) is 5.56 Å². The van der Waals surface area contributed by atoms with Gasteiger partial charge in [0.05, 0.1) is 0 Å². The zero-order valence-corrected chi connectivity index (χ0v) is 11.0. The second-order valence-corrected chi connectivity index (χ2v) is 4.53. The zero-order valence-electron chi connectivity index (χ0n) is 11.0. The van der Waals surface area contributed by atoms with Crippen molar-refractivity contribution in [3.8, 4) is 0 Å². The molecule has 0 saturated carbocycles. The number of rotatable bonds is 4. The minimum Gasteiger partial charge on any atom is -0.384 e. The van der Waals surface area contributed by atoms with Crippen LogP contribution in [0.4, 0.5) is 0 Å². The van der Waals surface area contributed by atoms with Gasteiger partial charge in [0.15, 0.2) is 12.2 Å². The highest BCUT2D eigenvalue weighted by molar-refractivity contribution is 6.04. The Morgan fingerprint density at radius 3 is 2.29 bits per heavy atom. The number of hydrogen-bond donors (Lipinski definition) is 0. The molecule has 2 aromatic rings. The van der Waals surface area contributed by atoms with Crippen molar-refractivity contribution in [3.05, 3.63) is 81.9 Å². The molecule has 0 bridgehead atoms. The molecule has 2 atom stereocenters. The van der Waals surface area contributed by atoms with Crippen LogP contribution in [0.25, 0.3) is 0 Å². The smallest absolute Gasteiger partial charge is 0.295 e. The van der Waals surface area contributed by atoms with E-state index in [2.05, 4.69) is 5.16 Å². The highest BCUT2D eigenvalue weighted by atomic mass is 17.0. The summed E-state index contributed by atoms with van der Waals surface area (Å²) in [5.41, 5.74) is 1.93. The van der Waals surface area contributed by atoms with Gasteiger partial charge < -0.3 is 4.84 Å². The molecule has 106 valence electrons. The van der Waals surface area contributed by atoms with Gasteiger partial charge in [0.25, 0.3) is 5.09 Å². The van der Waals surface area contributed by atoms with E-state index in [9.17, 15) is 10.1 Å². The molecular weight excluding hydrogens is 272 g/mol. The maximum absolute atomic E-state index is 10.8. The van der Waals surface area contributed by atoms with Gasteiger partial charge in [0.2, 0.25) is 0 Å². The van der Waals surface area contributed by atoms with Crippen molar-refractivity contribution in [3.63, 3.8) is 0 Å². The molecule has 0 unspecified atom stereocenters. The highest BCUT2D eigenvalue weighted by Gasteiger charge is 2.39. The number of benzene rings is 2. The van der Waals surface area contributed by atoms with E-state index in [-0.39, 0.29) is 0 Å². The Bertz CT molecular complexity index is 658. The molecular formula is C15H12N2O4. The fourth-order valence-corrected chi connectivity index (χ4v) is 2.27. The summed E-state index contributed by atoms with van der Waals surface area (Å²) in [6, 6.07) is 18.3. The molecule has 2 aromatic carbocycles. The third-order valence-corrected chi connectivity index (χ3v) is 3.21. The van der Waals surface area contributed by atoms with Gasteiger partial charge in [0.1, 0.15) is 5.71 Å². The van der Waals surface area contributed by atoms with Crippen LogP contribution in [-0.4, -0.2) is 16.9 Å². The van der Waals surface area contributed by atoms with Crippen molar-refractivity contribution in [1.29, 1.82) is 0 Å². The predicted octanol–water partition coefficient (Wildman–Crippen LogP) is 2.74. The Balaban J connectivity index is 1.93. The first kappa shape index (κ1) is 13.1. The van der Waals surface area contributed by atoms with E-state index in [1.54, 1.807) is 0 Å². The fourth-order valence-electron chi connectivity index (χ4n) is 2.27. The predicted molar refractivity (Wildman–Crippen MR) is 75.1 cm³/mol. The van der Waals surface area contributed by atoms with Gasteiger partial charge in [-0.3, -0.25) is 4.84 Å². The summed E-state index contributed by atoms with van der Waals surface area (Å²) in [5, 5.41) is 14.0. The molecule has 0 amide bonds. The van der Waals surface area contributed by atoms with Crippen molar-refractivity contribution < 1.29 is 14.8 Å². The molecule has 0 fully saturated rings. The first-order valence-electron chi connectivity index (χ1n) is 6.41. The van der Waals surface area contributed by atoms with E-state index < -0.39 is 17.3 Å². The van der Waals surface area contributed by atoms with Crippen molar-refractivity contribution in [2.75, 3.05) is 0 Å². The Hall–Kier alpha value is -2.89. The largest absolute Gasteiger partial charge is 0.384 e. The number of oxime groups is 1. The summed E-state index contributed by atoms with van der Waals surface area (Å²) in [6.07, 6.45) is -1.52. The van der Waals surface area contributed by atoms with Crippen LogP contribution < -0.4 is 0 Å². The van der Waals surface area contributed by atoms with Crippen molar-refractivity contribution in [2.45, 2.75) is 12.2 Å².